The molecule has 12 heavy (non-hydrogen) atoms. The molecule has 1 atom stereocenters. The van der Waals surface area contributed by atoms with Crippen molar-refractivity contribution in [2.75, 3.05) is 20.1 Å². The second kappa shape index (κ2) is 4.66. The maximum absolute atomic E-state index is 2.40. The van der Waals surface area contributed by atoms with Crippen LogP contribution in [0.5, 0.6) is 0 Å². The van der Waals surface area contributed by atoms with Gasteiger partial charge in [0.25, 0.3) is 0 Å². The first-order valence-electron chi connectivity index (χ1n) is 5.05. The molecule has 1 nitrogen and oxygen atoms in total. The molecular weight excluding hydrogens is 146 g/mol. The summed E-state index contributed by atoms with van der Waals surface area (Å²) in [6.07, 6.45) is 7.44. The van der Waals surface area contributed by atoms with Crippen molar-refractivity contribution in [2.45, 2.75) is 26.7 Å². The summed E-state index contributed by atoms with van der Waals surface area (Å²) in [6.45, 7) is 7.03. The fourth-order valence-electron chi connectivity index (χ4n) is 1.76. The zero-order chi connectivity index (χ0) is 8.97. The summed E-state index contributed by atoms with van der Waals surface area (Å²) in [5, 5.41) is 0. The van der Waals surface area contributed by atoms with Crippen molar-refractivity contribution in [3.63, 3.8) is 0 Å². The number of likely N-dealkylation sites (N-methyl/N-ethyl adjacent to an activating group) is 1. The lowest BCUT2D eigenvalue weighted by molar-refractivity contribution is 0.320. The third kappa shape index (κ3) is 2.98. The molecule has 0 N–H and O–H groups in total. The molecule has 0 aromatic rings. The predicted molar refractivity (Wildman–Crippen MR) is 54.2 cm³/mol. The Morgan fingerprint density at radius 3 is 2.83 bits per heavy atom. The Labute approximate surface area is 76.5 Å². The average molecular weight is 167 g/mol. The fraction of sp³-hybridized carbons (Fsp3) is 0.818. The molecule has 1 aliphatic rings. The molecule has 1 heteroatoms. The number of hydrogen-bond donors (Lipinski definition) is 0. The minimum atomic E-state index is 0.810. The molecule has 0 aliphatic carbocycles. The van der Waals surface area contributed by atoms with Crippen molar-refractivity contribution in [1.82, 2.24) is 4.90 Å². The highest BCUT2D eigenvalue weighted by atomic mass is 15.1. The quantitative estimate of drug-likeness (QED) is 0.542. The molecule has 0 spiro atoms. The molecule has 0 fully saturated rings. The van der Waals surface area contributed by atoms with Crippen LogP contribution in [0.3, 0.4) is 0 Å². The second-order valence-electron chi connectivity index (χ2n) is 4.24. The van der Waals surface area contributed by atoms with Gasteiger partial charge in [-0.25, -0.2) is 0 Å². The highest BCUT2D eigenvalue weighted by Gasteiger charge is 2.11. The zero-order valence-corrected chi connectivity index (χ0v) is 8.59. The van der Waals surface area contributed by atoms with E-state index in [1.165, 1.54) is 19.4 Å². The maximum Gasteiger partial charge on any atom is 0.0160 e. The minimum Gasteiger partial charge on any atom is -0.303 e. The van der Waals surface area contributed by atoms with Crippen LogP contribution in [0.15, 0.2) is 12.2 Å². The van der Waals surface area contributed by atoms with Gasteiger partial charge in [-0.05, 0) is 38.3 Å². The molecule has 0 amide bonds. The van der Waals surface area contributed by atoms with Gasteiger partial charge in [-0.3, -0.25) is 0 Å². The van der Waals surface area contributed by atoms with E-state index in [0.29, 0.717) is 0 Å². The van der Waals surface area contributed by atoms with Crippen molar-refractivity contribution < 1.29 is 0 Å². The van der Waals surface area contributed by atoms with E-state index in [4.69, 9.17) is 0 Å². The van der Waals surface area contributed by atoms with Crippen LogP contribution in [-0.2, 0) is 0 Å². The van der Waals surface area contributed by atoms with Crippen molar-refractivity contribution in [3.05, 3.63) is 12.2 Å². The molecule has 1 heterocycles. The summed E-state index contributed by atoms with van der Waals surface area (Å²) in [6, 6.07) is 0. The van der Waals surface area contributed by atoms with Gasteiger partial charge in [0, 0.05) is 6.54 Å². The summed E-state index contributed by atoms with van der Waals surface area (Å²) >= 11 is 0. The first-order chi connectivity index (χ1) is 5.70. The molecular formula is C11H21N. The van der Waals surface area contributed by atoms with Gasteiger partial charge in [-0.15, -0.1) is 0 Å². The molecule has 0 aromatic carbocycles. The van der Waals surface area contributed by atoms with E-state index in [2.05, 4.69) is 37.9 Å². The topological polar surface area (TPSA) is 3.24 Å². The molecule has 0 aromatic heterocycles. The Morgan fingerprint density at radius 2 is 2.17 bits per heavy atom. The van der Waals surface area contributed by atoms with Crippen molar-refractivity contribution >= 4 is 0 Å². The summed E-state index contributed by atoms with van der Waals surface area (Å²) in [5.74, 6) is 1.63. The predicted octanol–water partition coefficient (Wildman–Crippen LogP) is 2.54. The molecule has 1 rings (SSSR count). The van der Waals surface area contributed by atoms with Gasteiger partial charge in [-0.1, -0.05) is 26.0 Å². The molecule has 1 unspecified atom stereocenters. The lowest BCUT2D eigenvalue weighted by Crippen LogP contribution is -2.22. The Kier molecular flexibility index (Phi) is 3.80. The molecule has 0 saturated heterocycles. The standard InChI is InChI=1S/C11H21N/c1-10(2)11-6-4-8-12(3)9-5-7-11/h4,6,10-11H,5,7-9H2,1-3H3/b6-4-. The first-order valence-corrected chi connectivity index (χ1v) is 5.05. The highest BCUT2D eigenvalue weighted by Crippen LogP contribution is 2.20. The first kappa shape index (κ1) is 9.79. The van der Waals surface area contributed by atoms with Crippen molar-refractivity contribution in [3.8, 4) is 0 Å². The molecule has 1 aliphatic heterocycles. The van der Waals surface area contributed by atoms with Gasteiger partial charge in [-0.2, -0.15) is 0 Å². The van der Waals surface area contributed by atoms with Gasteiger partial charge in [0.15, 0.2) is 0 Å². The van der Waals surface area contributed by atoms with Gasteiger partial charge >= 0.3 is 0 Å². The third-order valence-electron chi connectivity index (χ3n) is 2.73. The molecule has 0 radical (unpaired) electrons. The van der Waals surface area contributed by atoms with Crippen molar-refractivity contribution in [2.24, 2.45) is 11.8 Å². The number of nitrogens with zero attached hydrogens (tertiary/aromatic N) is 1. The fourth-order valence-corrected chi connectivity index (χ4v) is 1.76. The Bertz CT molecular complexity index is 149. The number of hydrogen-bond acceptors (Lipinski definition) is 1. The summed E-state index contributed by atoms with van der Waals surface area (Å²) in [4.78, 5) is 2.38. The lowest BCUT2D eigenvalue weighted by Gasteiger charge is -2.22. The third-order valence-corrected chi connectivity index (χ3v) is 2.73. The number of rotatable bonds is 1. The minimum absolute atomic E-state index is 0.810. The Hall–Kier alpha value is -0.300. The smallest absolute Gasteiger partial charge is 0.0160 e. The monoisotopic (exact) mass is 167 g/mol. The lowest BCUT2D eigenvalue weighted by atomic mass is 9.90. The van der Waals surface area contributed by atoms with Gasteiger partial charge in [0.05, 0.1) is 0 Å². The molecule has 0 bridgehead atoms. The molecule has 70 valence electrons. The Balaban J connectivity index is 2.46. The summed E-state index contributed by atoms with van der Waals surface area (Å²) in [7, 11) is 2.19. The van der Waals surface area contributed by atoms with Crippen LogP contribution in [0, 0.1) is 11.8 Å². The van der Waals surface area contributed by atoms with Crippen LogP contribution in [0.2, 0.25) is 0 Å². The van der Waals surface area contributed by atoms with E-state index < -0.39 is 0 Å². The number of allylic oxidation sites excluding steroid dienone is 1. The van der Waals surface area contributed by atoms with E-state index >= 15 is 0 Å². The summed E-state index contributed by atoms with van der Waals surface area (Å²) < 4.78 is 0. The van der Waals surface area contributed by atoms with E-state index in [-0.39, 0.29) is 0 Å². The Morgan fingerprint density at radius 1 is 1.42 bits per heavy atom. The van der Waals surface area contributed by atoms with Crippen LogP contribution in [0.1, 0.15) is 26.7 Å². The van der Waals surface area contributed by atoms with E-state index in [9.17, 15) is 0 Å². The highest BCUT2D eigenvalue weighted by molar-refractivity contribution is 4.93. The average Bonchev–Trinajstić information content (AvgIpc) is 1.95. The second-order valence-corrected chi connectivity index (χ2v) is 4.24. The summed E-state index contributed by atoms with van der Waals surface area (Å²) in [5.41, 5.74) is 0. The van der Waals surface area contributed by atoms with Crippen LogP contribution in [-0.4, -0.2) is 25.0 Å². The van der Waals surface area contributed by atoms with Crippen LogP contribution >= 0.6 is 0 Å². The SMILES string of the molecule is CC(C)C1/C=C\CN(C)CCC1. The van der Waals surface area contributed by atoms with Crippen LogP contribution in [0.4, 0.5) is 0 Å². The van der Waals surface area contributed by atoms with Crippen LogP contribution in [0.25, 0.3) is 0 Å². The zero-order valence-electron chi connectivity index (χ0n) is 8.59. The molecule has 0 saturated carbocycles. The normalized spacial score (nSPS) is 29.8. The maximum atomic E-state index is 2.40. The van der Waals surface area contributed by atoms with Gasteiger partial charge in [0.2, 0.25) is 0 Å². The van der Waals surface area contributed by atoms with E-state index in [0.717, 1.165) is 18.4 Å². The van der Waals surface area contributed by atoms with E-state index in [1.54, 1.807) is 0 Å². The van der Waals surface area contributed by atoms with E-state index in [1.807, 2.05) is 0 Å². The largest absolute Gasteiger partial charge is 0.303 e. The van der Waals surface area contributed by atoms with Crippen molar-refractivity contribution in [1.29, 1.82) is 0 Å². The van der Waals surface area contributed by atoms with Gasteiger partial charge < -0.3 is 4.90 Å². The van der Waals surface area contributed by atoms with Gasteiger partial charge in [0.1, 0.15) is 0 Å². The van der Waals surface area contributed by atoms with Crippen LogP contribution < -0.4 is 0 Å².